The maximum atomic E-state index is 5.26. The summed E-state index contributed by atoms with van der Waals surface area (Å²) in [5.41, 5.74) is 2.23. The lowest BCUT2D eigenvalue weighted by molar-refractivity contribution is 0.233. The van der Waals surface area contributed by atoms with Crippen LogP contribution in [0.2, 0.25) is 0 Å². The smallest absolute Gasteiger partial charge is 0.220 e. The average molecular weight is 314 g/mol. The zero-order valence-electron chi connectivity index (χ0n) is 13.6. The van der Waals surface area contributed by atoms with Crippen LogP contribution in [0.15, 0.2) is 30.3 Å². The van der Waals surface area contributed by atoms with E-state index in [9.17, 15) is 0 Å². The molecule has 1 aromatic carbocycles. The molecule has 2 aromatic rings. The summed E-state index contributed by atoms with van der Waals surface area (Å²) in [4.78, 5) is 11.4. The third-order valence-electron chi connectivity index (χ3n) is 3.96. The first kappa shape index (κ1) is 15.7. The molecule has 0 radical (unpaired) electrons. The van der Waals surface area contributed by atoms with Crippen molar-refractivity contribution >= 4 is 0 Å². The fourth-order valence-electron chi connectivity index (χ4n) is 2.72. The number of rotatable bonds is 5. The Morgan fingerprint density at radius 2 is 1.70 bits per heavy atom. The van der Waals surface area contributed by atoms with Crippen molar-refractivity contribution in [3.8, 4) is 23.1 Å². The van der Waals surface area contributed by atoms with Gasteiger partial charge in [-0.15, -0.1) is 0 Å². The van der Waals surface area contributed by atoms with E-state index in [1.807, 2.05) is 12.1 Å². The predicted molar refractivity (Wildman–Crippen MR) is 88.7 cm³/mol. The fourth-order valence-corrected chi connectivity index (χ4v) is 2.72. The average Bonchev–Trinajstić information content (AvgIpc) is 2.62. The number of hydrogen-bond donors (Lipinski definition) is 1. The maximum absolute atomic E-state index is 5.26. The first-order chi connectivity index (χ1) is 11.3. The summed E-state index contributed by atoms with van der Waals surface area (Å²) in [6.07, 6.45) is 0. The Bertz CT molecular complexity index is 635. The standard InChI is InChI=1S/C17H22N4O2/c1-22-15-11-16(23-2)20-17(19-15)14-6-4-3-5-13(14)12-21-9-7-18-8-10-21/h3-6,11,18H,7-10,12H2,1-2H3. The van der Waals surface area contributed by atoms with E-state index in [2.05, 4.69) is 32.3 Å². The lowest BCUT2D eigenvalue weighted by Crippen LogP contribution is -2.42. The van der Waals surface area contributed by atoms with E-state index in [0.717, 1.165) is 38.3 Å². The number of benzene rings is 1. The molecule has 2 heterocycles. The molecular formula is C17H22N4O2. The molecule has 1 saturated heterocycles. The zero-order chi connectivity index (χ0) is 16.1. The van der Waals surface area contributed by atoms with Crippen molar-refractivity contribution in [2.24, 2.45) is 0 Å². The molecule has 1 aliphatic heterocycles. The summed E-state index contributed by atoms with van der Waals surface area (Å²) in [5, 5.41) is 3.38. The summed E-state index contributed by atoms with van der Waals surface area (Å²) < 4.78 is 10.5. The number of piperazine rings is 1. The van der Waals surface area contributed by atoms with E-state index in [-0.39, 0.29) is 0 Å². The molecule has 122 valence electrons. The molecule has 1 fully saturated rings. The number of ether oxygens (including phenoxy) is 2. The van der Waals surface area contributed by atoms with Gasteiger partial charge < -0.3 is 14.8 Å². The molecule has 0 saturated carbocycles. The van der Waals surface area contributed by atoms with E-state index in [0.29, 0.717) is 17.6 Å². The number of aromatic nitrogens is 2. The second kappa shape index (κ2) is 7.39. The highest BCUT2D eigenvalue weighted by atomic mass is 16.5. The third-order valence-corrected chi connectivity index (χ3v) is 3.96. The SMILES string of the molecule is COc1cc(OC)nc(-c2ccccc2CN2CCNCC2)n1. The molecule has 0 atom stereocenters. The lowest BCUT2D eigenvalue weighted by atomic mass is 10.1. The van der Waals surface area contributed by atoms with Crippen LogP contribution in [0.4, 0.5) is 0 Å². The van der Waals surface area contributed by atoms with Crippen LogP contribution in [0, 0.1) is 0 Å². The van der Waals surface area contributed by atoms with Crippen molar-refractivity contribution in [3.05, 3.63) is 35.9 Å². The highest BCUT2D eigenvalue weighted by Gasteiger charge is 2.15. The minimum absolute atomic E-state index is 0.504. The Morgan fingerprint density at radius 1 is 1.04 bits per heavy atom. The minimum atomic E-state index is 0.504. The quantitative estimate of drug-likeness (QED) is 0.904. The van der Waals surface area contributed by atoms with Crippen molar-refractivity contribution in [1.82, 2.24) is 20.2 Å². The Labute approximate surface area is 136 Å². The van der Waals surface area contributed by atoms with Crippen LogP contribution in [-0.4, -0.2) is 55.3 Å². The molecule has 0 unspecified atom stereocenters. The third kappa shape index (κ3) is 3.78. The van der Waals surface area contributed by atoms with Gasteiger partial charge in [-0.05, 0) is 5.56 Å². The number of nitrogens with zero attached hydrogens (tertiary/aromatic N) is 3. The zero-order valence-corrected chi connectivity index (χ0v) is 13.6. The highest BCUT2D eigenvalue weighted by molar-refractivity contribution is 5.61. The van der Waals surface area contributed by atoms with E-state index < -0.39 is 0 Å². The Balaban J connectivity index is 1.93. The summed E-state index contributed by atoms with van der Waals surface area (Å²) in [5.74, 6) is 1.64. The summed E-state index contributed by atoms with van der Waals surface area (Å²) >= 11 is 0. The van der Waals surface area contributed by atoms with E-state index in [4.69, 9.17) is 9.47 Å². The van der Waals surface area contributed by atoms with E-state index in [1.54, 1.807) is 20.3 Å². The molecule has 1 N–H and O–H groups in total. The monoisotopic (exact) mass is 314 g/mol. The first-order valence-corrected chi connectivity index (χ1v) is 7.78. The van der Waals surface area contributed by atoms with Crippen LogP contribution in [0.25, 0.3) is 11.4 Å². The minimum Gasteiger partial charge on any atom is -0.481 e. The van der Waals surface area contributed by atoms with Gasteiger partial charge in [-0.2, -0.15) is 9.97 Å². The van der Waals surface area contributed by atoms with Crippen molar-refractivity contribution in [3.63, 3.8) is 0 Å². The van der Waals surface area contributed by atoms with Gasteiger partial charge in [0.1, 0.15) is 0 Å². The molecule has 1 aromatic heterocycles. The van der Waals surface area contributed by atoms with Gasteiger partial charge in [-0.3, -0.25) is 4.90 Å². The van der Waals surface area contributed by atoms with Gasteiger partial charge in [-0.1, -0.05) is 24.3 Å². The lowest BCUT2D eigenvalue weighted by Gasteiger charge is -2.27. The van der Waals surface area contributed by atoms with E-state index >= 15 is 0 Å². The summed E-state index contributed by atoms with van der Waals surface area (Å²) in [7, 11) is 3.19. The van der Waals surface area contributed by atoms with Gasteiger partial charge in [0.05, 0.1) is 20.3 Å². The van der Waals surface area contributed by atoms with Gasteiger partial charge in [0, 0.05) is 38.3 Å². The second-order valence-corrected chi connectivity index (χ2v) is 5.46. The van der Waals surface area contributed by atoms with Gasteiger partial charge in [0.25, 0.3) is 0 Å². The molecule has 0 spiro atoms. The fraction of sp³-hybridized carbons (Fsp3) is 0.412. The molecule has 0 amide bonds. The summed E-state index contributed by atoms with van der Waals surface area (Å²) in [6.45, 7) is 5.06. The first-order valence-electron chi connectivity index (χ1n) is 7.78. The van der Waals surface area contributed by atoms with E-state index in [1.165, 1.54) is 5.56 Å². The van der Waals surface area contributed by atoms with Crippen molar-refractivity contribution < 1.29 is 9.47 Å². The van der Waals surface area contributed by atoms with Gasteiger partial charge >= 0.3 is 0 Å². The number of methoxy groups -OCH3 is 2. The second-order valence-electron chi connectivity index (χ2n) is 5.46. The van der Waals surface area contributed by atoms with Gasteiger partial charge in [-0.25, -0.2) is 0 Å². The molecule has 0 aliphatic carbocycles. The van der Waals surface area contributed by atoms with Crippen molar-refractivity contribution in [2.45, 2.75) is 6.54 Å². The Kier molecular flexibility index (Phi) is 5.05. The van der Waals surface area contributed by atoms with Crippen LogP contribution in [-0.2, 0) is 6.54 Å². The van der Waals surface area contributed by atoms with Crippen LogP contribution in [0.3, 0.4) is 0 Å². The number of nitrogens with one attached hydrogen (secondary N) is 1. The van der Waals surface area contributed by atoms with Crippen LogP contribution in [0.1, 0.15) is 5.56 Å². The maximum Gasteiger partial charge on any atom is 0.220 e. The largest absolute Gasteiger partial charge is 0.481 e. The normalized spacial score (nSPS) is 15.4. The van der Waals surface area contributed by atoms with Crippen LogP contribution < -0.4 is 14.8 Å². The van der Waals surface area contributed by atoms with Gasteiger partial charge in [0.2, 0.25) is 11.8 Å². The molecule has 3 rings (SSSR count). The van der Waals surface area contributed by atoms with Crippen LogP contribution in [0.5, 0.6) is 11.8 Å². The molecule has 23 heavy (non-hydrogen) atoms. The topological polar surface area (TPSA) is 59.5 Å². The van der Waals surface area contributed by atoms with Crippen molar-refractivity contribution in [1.29, 1.82) is 0 Å². The highest BCUT2D eigenvalue weighted by Crippen LogP contribution is 2.26. The Morgan fingerprint density at radius 3 is 2.35 bits per heavy atom. The summed E-state index contributed by atoms with van der Waals surface area (Å²) in [6, 6.07) is 9.92. The number of hydrogen-bond acceptors (Lipinski definition) is 6. The van der Waals surface area contributed by atoms with Gasteiger partial charge in [0.15, 0.2) is 5.82 Å². The molecular weight excluding hydrogens is 292 g/mol. The molecule has 1 aliphatic rings. The molecule has 6 nitrogen and oxygen atoms in total. The molecule has 6 heteroatoms. The Hall–Kier alpha value is -2.18. The van der Waals surface area contributed by atoms with Crippen molar-refractivity contribution in [2.75, 3.05) is 40.4 Å². The molecule has 0 bridgehead atoms. The predicted octanol–water partition coefficient (Wildman–Crippen LogP) is 1.57. The van der Waals surface area contributed by atoms with Crippen LogP contribution >= 0.6 is 0 Å².